The van der Waals surface area contributed by atoms with Gasteiger partial charge in [0.05, 0.1) is 4.90 Å². The highest BCUT2D eigenvalue weighted by Gasteiger charge is 2.25. The Morgan fingerprint density at radius 3 is 2.46 bits per heavy atom. The van der Waals surface area contributed by atoms with Gasteiger partial charge in [0.25, 0.3) is 10.0 Å². The second kappa shape index (κ2) is 6.21. The summed E-state index contributed by atoms with van der Waals surface area (Å²) >= 11 is 0. The van der Waals surface area contributed by atoms with Crippen molar-refractivity contribution in [3.05, 3.63) is 59.1 Å². The average molecular weight is 346 g/mol. The number of hydrogen-bond donors (Lipinski definition) is 0. The summed E-state index contributed by atoms with van der Waals surface area (Å²) in [6.07, 6.45) is 1.55. The first-order valence-electron chi connectivity index (χ1n) is 7.44. The Bertz CT molecular complexity index is 1020. The molecule has 1 aromatic carbocycles. The molecular weight excluding hydrogens is 328 g/mol. The maximum absolute atomic E-state index is 12.9. The Balaban J connectivity index is 2.26. The predicted octanol–water partition coefficient (Wildman–Crippen LogP) is 0.997. The summed E-state index contributed by atoms with van der Waals surface area (Å²) in [5.74, 6) is 0. The molecule has 0 saturated carbocycles. The molecule has 24 heavy (non-hydrogen) atoms. The minimum Gasteiger partial charge on any atom is -0.308 e. The summed E-state index contributed by atoms with van der Waals surface area (Å²) in [6, 6.07) is 11.1. The van der Waals surface area contributed by atoms with Crippen LogP contribution in [0, 0.1) is 0 Å². The zero-order valence-electron chi connectivity index (χ0n) is 13.5. The number of imidazole rings is 1. The van der Waals surface area contributed by atoms with Crippen LogP contribution in [0.3, 0.4) is 0 Å². The minimum atomic E-state index is -3.98. The Labute approximate surface area is 139 Å². The van der Waals surface area contributed by atoms with Gasteiger partial charge in [0.1, 0.15) is 5.52 Å². The maximum atomic E-state index is 12.9. The largest absolute Gasteiger partial charge is 0.344 e. The standard InChI is InChI=1S/C16H18N4O3S/c1-18(2)11-12-19-15-14(9-6-10-17-15)20(16(19)21)24(22,23)13-7-4-3-5-8-13/h3-10H,11-12H2,1-2H3. The van der Waals surface area contributed by atoms with Gasteiger partial charge in [-0.1, -0.05) is 18.2 Å². The molecule has 2 heterocycles. The normalized spacial score (nSPS) is 12.1. The lowest BCUT2D eigenvalue weighted by Crippen LogP contribution is -2.31. The van der Waals surface area contributed by atoms with Gasteiger partial charge in [0.2, 0.25) is 0 Å². The smallest absolute Gasteiger partial charge is 0.308 e. The van der Waals surface area contributed by atoms with Crippen LogP contribution in [0.4, 0.5) is 0 Å². The van der Waals surface area contributed by atoms with Gasteiger partial charge in [0.15, 0.2) is 5.65 Å². The molecule has 7 nitrogen and oxygen atoms in total. The molecule has 0 saturated heterocycles. The summed E-state index contributed by atoms with van der Waals surface area (Å²) in [5.41, 5.74) is 0.0448. The highest BCUT2D eigenvalue weighted by atomic mass is 32.2. The fourth-order valence-electron chi connectivity index (χ4n) is 2.49. The van der Waals surface area contributed by atoms with E-state index < -0.39 is 15.7 Å². The monoisotopic (exact) mass is 346 g/mol. The van der Waals surface area contributed by atoms with Crippen molar-refractivity contribution in [2.24, 2.45) is 0 Å². The molecule has 0 bridgehead atoms. The molecule has 126 valence electrons. The number of rotatable bonds is 5. The number of fused-ring (bicyclic) bond motifs is 1. The second-order valence-corrected chi connectivity index (χ2v) is 7.45. The zero-order chi connectivity index (χ0) is 17.3. The highest BCUT2D eigenvalue weighted by molar-refractivity contribution is 7.90. The van der Waals surface area contributed by atoms with E-state index in [4.69, 9.17) is 0 Å². The lowest BCUT2D eigenvalue weighted by atomic mass is 10.4. The summed E-state index contributed by atoms with van der Waals surface area (Å²) in [4.78, 5) is 19.0. The first-order valence-corrected chi connectivity index (χ1v) is 8.88. The van der Waals surface area contributed by atoms with Crippen molar-refractivity contribution in [2.45, 2.75) is 11.4 Å². The van der Waals surface area contributed by atoms with Crippen LogP contribution >= 0.6 is 0 Å². The summed E-state index contributed by atoms with van der Waals surface area (Å²) < 4.78 is 28.1. The van der Waals surface area contributed by atoms with Crippen molar-refractivity contribution in [2.75, 3.05) is 20.6 Å². The first kappa shape index (κ1) is 16.4. The number of nitrogens with zero attached hydrogens (tertiary/aromatic N) is 4. The molecule has 2 aromatic heterocycles. The predicted molar refractivity (Wildman–Crippen MR) is 91.6 cm³/mol. The molecule has 8 heteroatoms. The number of likely N-dealkylation sites (N-methyl/N-ethyl adjacent to an activating group) is 1. The van der Waals surface area contributed by atoms with Gasteiger partial charge in [-0.2, -0.15) is 3.97 Å². The molecular formula is C16H18N4O3S. The van der Waals surface area contributed by atoms with Crippen molar-refractivity contribution >= 4 is 21.2 Å². The van der Waals surface area contributed by atoms with E-state index in [2.05, 4.69) is 4.98 Å². The van der Waals surface area contributed by atoms with E-state index in [1.807, 2.05) is 19.0 Å². The van der Waals surface area contributed by atoms with Crippen molar-refractivity contribution in [1.82, 2.24) is 18.4 Å². The number of aromatic nitrogens is 3. The topological polar surface area (TPSA) is 77.2 Å². The van der Waals surface area contributed by atoms with Gasteiger partial charge in [-0.25, -0.2) is 18.2 Å². The minimum absolute atomic E-state index is 0.0719. The van der Waals surface area contributed by atoms with Crippen LogP contribution in [0.1, 0.15) is 0 Å². The van der Waals surface area contributed by atoms with Crippen molar-refractivity contribution in [1.29, 1.82) is 0 Å². The average Bonchev–Trinajstić information content (AvgIpc) is 2.85. The summed E-state index contributed by atoms with van der Waals surface area (Å²) in [7, 11) is -0.210. The molecule has 0 unspecified atom stereocenters. The van der Waals surface area contributed by atoms with Crippen LogP contribution < -0.4 is 5.69 Å². The number of hydrogen-bond acceptors (Lipinski definition) is 5. The number of pyridine rings is 1. The molecule has 0 amide bonds. The Kier molecular flexibility index (Phi) is 4.25. The van der Waals surface area contributed by atoms with Gasteiger partial charge in [-0.05, 0) is 38.4 Å². The highest BCUT2D eigenvalue weighted by Crippen LogP contribution is 2.18. The van der Waals surface area contributed by atoms with E-state index in [-0.39, 0.29) is 10.4 Å². The fraction of sp³-hybridized carbons (Fsp3) is 0.250. The van der Waals surface area contributed by atoms with E-state index in [1.165, 1.54) is 16.7 Å². The van der Waals surface area contributed by atoms with Gasteiger partial charge in [-0.3, -0.25) is 4.57 Å². The molecule has 3 rings (SSSR count). The molecule has 0 atom stereocenters. The quantitative estimate of drug-likeness (QED) is 0.689. The molecule has 0 aliphatic carbocycles. The van der Waals surface area contributed by atoms with Gasteiger partial charge >= 0.3 is 5.69 Å². The molecule has 0 aliphatic rings. The fourth-order valence-corrected chi connectivity index (χ4v) is 3.91. The summed E-state index contributed by atoms with van der Waals surface area (Å²) in [6.45, 7) is 0.956. The molecule has 0 spiro atoms. The second-order valence-electron chi connectivity index (χ2n) is 5.67. The Morgan fingerprint density at radius 1 is 1.08 bits per heavy atom. The lowest BCUT2D eigenvalue weighted by molar-refractivity contribution is 0.383. The third kappa shape index (κ3) is 2.74. The lowest BCUT2D eigenvalue weighted by Gasteiger charge is -2.09. The van der Waals surface area contributed by atoms with E-state index in [1.54, 1.807) is 36.5 Å². The van der Waals surface area contributed by atoms with Crippen LogP contribution in [-0.2, 0) is 16.6 Å². The van der Waals surface area contributed by atoms with Crippen molar-refractivity contribution < 1.29 is 8.42 Å². The van der Waals surface area contributed by atoms with Crippen LogP contribution in [-0.4, -0.2) is 47.5 Å². The SMILES string of the molecule is CN(C)CCn1c(=O)n(S(=O)(=O)c2ccccc2)c2cccnc21. The van der Waals surface area contributed by atoms with Crippen LogP contribution in [0.25, 0.3) is 11.2 Å². The molecule has 0 aliphatic heterocycles. The maximum Gasteiger partial charge on any atom is 0.344 e. The zero-order valence-corrected chi connectivity index (χ0v) is 14.3. The summed E-state index contributed by atoms with van der Waals surface area (Å²) in [5, 5.41) is 0. The van der Waals surface area contributed by atoms with E-state index in [0.717, 1.165) is 3.97 Å². The van der Waals surface area contributed by atoms with Crippen molar-refractivity contribution in [3.8, 4) is 0 Å². The van der Waals surface area contributed by atoms with Gasteiger partial charge in [0, 0.05) is 19.3 Å². The van der Waals surface area contributed by atoms with E-state index in [9.17, 15) is 13.2 Å². The third-order valence-electron chi connectivity index (χ3n) is 3.70. The Morgan fingerprint density at radius 2 is 1.79 bits per heavy atom. The van der Waals surface area contributed by atoms with Crippen LogP contribution in [0.2, 0.25) is 0 Å². The van der Waals surface area contributed by atoms with E-state index >= 15 is 0 Å². The van der Waals surface area contributed by atoms with Gasteiger partial charge in [-0.15, -0.1) is 0 Å². The van der Waals surface area contributed by atoms with Gasteiger partial charge < -0.3 is 4.90 Å². The van der Waals surface area contributed by atoms with Crippen molar-refractivity contribution in [3.63, 3.8) is 0 Å². The van der Waals surface area contributed by atoms with Crippen LogP contribution in [0.15, 0.2) is 58.4 Å². The Hall–Kier alpha value is -2.45. The van der Waals surface area contributed by atoms with Crippen LogP contribution in [0.5, 0.6) is 0 Å². The molecule has 0 N–H and O–H groups in total. The first-order chi connectivity index (χ1) is 11.4. The molecule has 0 radical (unpaired) electrons. The van der Waals surface area contributed by atoms with E-state index in [0.29, 0.717) is 18.7 Å². The molecule has 0 fully saturated rings. The molecule has 3 aromatic rings. The number of benzene rings is 1. The third-order valence-corrected chi connectivity index (χ3v) is 5.40.